The van der Waals surface area contributed by atoms with Gasteiger partial charge in [0.05, 0.1) is 10.6 Å². The SMILES string of the molecule is CC(C)(C)OC(=O)N1CCC(c2cc3ncc([N+](=O)[O-])cn3n2)CC1. The zero-order chi connectivity index (χ0) is 18.2. The Labute approximate surface area is 144 Å². The Morgan fingerprint density at radius 3 is 2.64 bits per heavy atom. The number of likely N-dealkylation sites (tertiary alicyclic amines) is 1. The zero-order valence-corrected chi connectivity index (χ0v) is 14.5. The Morgan fingerprint density at radius 1 is 1.36 bits per heavy atom. The van der Waals surface area contributed by atoms with Gasteiger partial charge in [-0.05, 0) is 33.6 Å². The molecule has 1 aliphatic heterocycles. The summed E-state index contributed by atoms with van der Waals surface area (Å²) >= 11 is 0. The summed E-state index contributed by atoms with van der Waals surface area (Å²) in [5, 5.41) is 15.3. The van der Waals surface area contributed by atoms with Crippen molar-refractivity contribution in [3.63, 3.8) is 0 Å². The molecule has 1 amide bonds. The molecule has 0 aromatic carbocycles. The number of fused-ring (bicyclic) bond motifs is 1. The summed E-state index contributed by atoms with van der Waals surface area (Å²) in [5.41, 5.74) is 0.824. The lowest BCUT2D eigenvalue weighted by atomic mass is 9.94. The van der Waals surface area contributed by atoms with E-state index < -0.39 is 10.5 Å². The van der Waals surface area contributed by atoms with Crippen LogP contribution in [0.1, 0.15) is 45.2 Å². The summed E-state index contributed by atoms with van der Waals surface area (Å²) in [6.45, 7) is 6.74. The van der Waals surface area contributed by atoms with Gasteiger partial charge in [-0.25, -0.2) is 14.3 Å². The van der Waals surface area contributed by atoms with E-state index in [0.717, 1.165) is 18.5 Å². The molecular formula is C16H21N5O4. The molecule has 0 saturated carbocycles. The van der Waals surface area contributed by atoms with Gasteiger partial charge in [-0.1, -0.05) is 0 Å². The third kappa shape index (κ3) is 3.86. The summed E-state index contributed by atoms with van der Waals surface area (Å²) in [4.78, 5) is 28.2. The summed E-state index contributed by atoms with van der Waals surface area (Å²) < 4.78 is 6.83. The molecule has 0 N–H and O–H groups in total. The van der Waals surface area contributed by atoms with Gasteiger partial charge in [0.1, 0.15) is 18.0 Å². The maximum atomic E-state index is 12.1. The Hall–Kier alpha value is -2.71. The molecule has 0 spiro atoms. The quantitative estimate of drug-likeness (QED) is 0.611. The smallest absolute Gasteiger partial charge is 0.410 e. The molecule has 0 radical (unpaired) electrons. The van der Waals surface area contributed by atoms with Crippen LogP contribution in [0.2, 0.25) is 0 Å². The highest BCUT2D eigenvalue weighted by molar-refractivity contribution is 5.68. The Kier molecular flexibility index (Phi) is 4.32. The minimum Gasteiger partial charge on any atom is -0.444 e. The van der Waals surface area contributed by atoms with E-state index in [1.165, 1.54) is 16.9 Å². The largest absolute Gasteiger partial charge is 0.444 e. The summed E-state index contributed by atoms with van der Waals surface area (Å²) in [6, 6.07) is 1.84. The molecule has 9 heteroatoms. The molecule has 9 nitrogen and oxygen atoms in total. The molecule has 2 aromatic rings. The van der Waals surface area contributed by atoms with Gasteiger partial charge in [-0.15, -0.1) is 0 Å². The third-order valence-electron chi connectivity index (χ3n) is 4.09. The molecule has 1 saturated heterocycles. The number of nitro groups is 1. The van der Waals surface area contributed by atoms with Crippen LogP contribution in [-0.4, -0.2) is 49.2 Å². The molecule has 1 fully saturated rings. The van der Waals surface area contributed by atoms with Gasteiger partial charge in [0.15, 0.2) is 5.65 Å². The lowest BCUT2D eigenvalue weighted by Gasteiger charge is -2.32. The van der Waals surface area contributed by atoms with Gasteiger partial charge in [0.2, 0.25) is 0 Å². The van der Waals surface area contributed by atoms with Crippen LogP contribution in [0.25, 0.3) is 5.65 Å². The van der Waals surface area contributed by atoms with Crippen molar-refractivity contribution in [1.82, 2.24) is 19.5 Å². The molecule has 1 aliphatic rings. The minimum atomic E-state index is -0.504. The fraction of sp³-hybridized carbons (Fsp3) is 0.562. The normalized spacial score (nSPS) is 16.2. The van der Waals surface area contributed by atoms with Gasteiger partial charge < -0.3 is 9.64 Å². The number of hydrogen-bond acceptors (Lipinski definition) is 6. The second-order valence-corrected chi connectivity index (χ2v) is 7.18. The molecule has 0 bridgehead atoms. The number of amides is 1. The number of carbonyl (C=O) groups excluding carboxylic acids is 1. The van der Waals surface area contributed by atoms with Crippen molar-refractivity contribution in [3.8, 4) is 0 Å². The van der Waals surface area contributed by atoms with Crippen molar-refractivity contribution in [1.29, 1.82) is 0 Å². The number of carbonyl (C=O) groups is 1. The van der Waals surface area contributed by atoms with E-state index in [2.05, 4.69) is 10.1 Å². The van der Waals surface area contributed by atoms with E-state index >= 15 is 0 Å². The fourth-order valence-electron chi connectivity index (χ4n) is 2.86. The van der Waals surface area contributed by atoms with Crippen LogP contribution in [0.5, 0.6) is 0 Å². The summed E-state index contributed by atoms with van der Waals surface area (Å²) in [5.74, 6) is 0.194. The number of rotatable bonds is 2. The van der Waals surface area contributed by atoms with Gasteiger partial charge >= 0.3 is 11.8 Å². The highest BCUT2D eigenvalue weighted by Crippen LogP contribution is 2.28. The number of ether oxygens (including phenoxy) is 1. The molecule has 2 aromatic heterocycles. The predicted molar refractivity (Wildman–Crippen MR) is 89.4 cm³/mol. The average Bonchev–Trinajstić information content (AvgIpc) is 2.96. The number of aromatic nitrogens is 3. The molecule has 3 rings (SSSR count). The molecule has 25 heavy (non-hydrogen) atoms. The van der Waals surface area contributed by atoms with Crippen LogP contribution >= 0.6 is 0 Å². The first-order valence-corrected chi connectivity index (χ1v) is 8.20. The topological polar surface area (TPSA) is 103 Å². The van der Waals surface area contributed by atoms with Gasteiger partial charge in [-0.2, -0.15) is 5.10 Å². The Bertz CT molecular complexity index is 802. The standard InChI is InChI=1S/C16H21N5O4/c1-16(2,3)25-15(22)19-6-4-11(5-7-19)13-8-14-17-9-12(21(23)24)10-20(14)18-13/h8-11H,4-7H2,1-3H3. The molecule has 0 atom stereocenters. The first-order valence-electron chi connectivity index (χ1n) is 8.20. The van der Waals surface area contributed by atoms with E-state index in [1.54, 1.807) is 4.90 Å². The van der Waals surface area contributed by atoms with E-state index in [0.29, 0.717) is 18.7 Å². The summed E-state index contributed by atoms with van der Waals surface area (Å²) in [7, 11) is 0. The lowest BCUT2D eigenvalue weighted by molar-refractivity contribution is -0.385. The van der Waals surface area contributed by atoms with Crippen LogP contribution in [0.3, 0.4) is 0 Å². The van der Waals surface area contributed by atoms with Crippen molar-refractivity contribution >= 4 is 17.4 Å². The van der Waals surface area contributed by atoms with Crippen molar-refractivity contribution in [3.05, 3.63) is 34.3 Å². The molecular weight excluding hydrogens is 326 g/mol. The van der Waals surface area contributed by atoms with Crippen molar-refractivity contribution < 1.29 is 14.5 Å². The van der Waals surface area contributed by atoms with E-state index in [1.807, 2.05) is 26.8 Å². The van der Waals surface area contributed by atoms with Crippen molar-refractivity contribution in [2.24, 2.45) is 0 Å². The van der Waals surface area contributed by atoms with E-state index in [4.69, 9.17) is 4.74 Å². The maximum Gasteiger partial charge on any atom is 0.410 e. The van der Waals surface area contributed by atoms with Gasteiger partial charge in [0, 0.05) is 25.1 Å². The minimum absolute atomic E-state index is 0.0955. The van der Waals surface area contributed by atoms with Gasteiger partial charge in [-0.3, -0.25) is 10.1 Å². The second kappa shape index (κ2) is 6.30. The van der Waals surface area contributed by atoms with Crippen LogP contribution in [0, 0.1) is 10.1 Å². The van der Waals surface area contributed by atoms with Crippen LogP contribution in [0.15, 0.2) is 18.5 Å². The van der Waals surface area contributed by atoms with E-state index in [9.17, 15) is 14.9 Å². The molecule has 0 unspecified atom stereocenters. The van der Waals surface area contributed by atoms with Gasteiger partial charge in [0.25, 0.3) is 0 Å². The molecule has 3 heterocycles. The highest BCUT2D eigenvalue weighted by Gasteiger charge is 2.28. The first-order chi connectivity index (χ1) is 11.7. The number of nitrogens with zero attached hydrogens (tertiary/aromatic N) is 5. The Balaban J connectivity index is 1.67. The Morgan fingerprint density at radius 2 is 2.04 bits per heavy atom. The second-order valence-electron chi connectivity index (χ2n) is 7.18. The summed E-state index contributed by atoms with van der Waals surface area (Å²) in [6.07, 6.45) is 3.84. The van der Waals surface area contributed by atoms with Crippen molar-refractivity contribution in [2.75, 3.05) is 13.1 Å². The van der Waals surface area contributed by atoms with Crippen LogP contribution in [-0.2, 0) is 4.74 Å². The average molecular weight is 347 g/mol. The maximum absolute atomic E-state index is 12.1. The predicted octanol–water partition coefficient (Wildman–Crippen LogP) is 2.75. The first kappa shape index (κ1) is 17.1. The monoisotopic (exact) mass is 347 g/mol. The number of hydrogen-bond donors (Lipinski definition) is 0. The van der Waals surface area contributed by atoms with Crippen molar-refractivity contribution in [2.45, 2.75) is 45.1 Å². The third-order valence-corrected chi connectivity index (χ3v) is 4.09. The van der Waals surface area contributed by atoms with Crippen LogP contribution < -0.4 is 0 Å². The van der Waals surface area contributed by atoms with Crippen LogP contribution in [0.4, 0.5) is 10.5 Å². The highest BCUT2D eigenvalue weighted by atomic mass is 16.6. The number of piperidine rings is 1. The lowest BCUT2D eigenvalue weighted by Crippen LogP contribution is -2.41. The molecule has 134 valence electrons. The van der Waals surface area contributed by atoms with E-state index in [-0.39, 0.29) is 17.7 Å². The zero-order valence-electron chi connectivity index (χ0n) is 14.5. The fourth-order valence-corrected chi connectivity index (χ4v) is 2.86. The molecule has 0 aliphatic carbocycles.